The lowest BCUT2D eigenvalue weighted by atomic mass is 10.1. The number of carbonyl (C=O) groups excluding carboxylic acids is 1. The number of hydrogen-bond donors (Lipinski definition) is 2. The summed E-state index contributed by atoms with van der Waals surface area (Å²) >= 11 is 7.47. The van der Waals surface area contributed by atoms with Gasteiger partial charge in [0.25, 0.3) is 5.91 Å². The minimum absolute atomic E-state index is 0.177. The summed E-state index contributed by atoms with van der Waals surface area (Å²) in [6.45, 7) is 2.23. The number of hydrogen-bond acceptors (Lipinski definition) is 4. The van der Waals surface area contributed by atoms with Crippen molar-refractivity contribution in [2.45, 2.75) is 19.5 Å². The Morgan fingerprint density at radius 2 is 2.26 bits per heavy atom. The molecular formula is C13H14ClN3OS. The summed E-state index contributed by atoms with van der Waals surface area (Å²) in [5, 5.41) is 5.96. The molecule has 0 aliphatic carbocycles. The maximum Gasteiger partial charge on any atom is 0.271 e. The number of rotatable bonds is 4. The molecule has 1 atom stereocenters. The van der Waals surface area contributed by atoms with E-state index < -0.39 is 0 Å². The van der Waals surface area contributed by atoms with Gasteiger partial charge in [-0.05, 0) is 18.6 Å². The van der Waals surface area contributed by atoms with E-state index >= 15 is 0 Å². The summed E-state index contributed by atoms with van der Waals surface area (Å²) in [6.07, 6.45) is 0. The fourth-order valence-electron chi connectivity index (χ4n) is 1.68. The normalized spacial score (nSPS) is 12.2. The lowest BCUT2D eigenvalue weighted by molar-refractivity contribution is 0.0935. The summed E-state index contributed by atoms with van der Waals surface area (Å²) < 4.78 is 0. The Hall–Kier alpha value is -1.43. The lowest BCUT2D eigenvalue weighted by Gasteiger charge is -2.14. The molecule has 1 aromatic carbocycles. The SMILES string of the molecule is C[C@@H](NC(=O)c1csc(CN)n1)c1ccccc1Cl. The minimum atomic E-state index is -0.219. The Morgan fingerprint density at radius 3 is 2.89 bits per heavy atom. The summed E-state index contributed by atoms with van der Waals surface area (Å²) in [6, 6.07) is 7.26. The number of thiazole rings is 1. The Morgan fingerprint density at radius 1 is 1.53 bits per heavy atom. The van der Waals surface area contributed by atoms with Gasteiger partial charge in [0.1, 0.15) is 10.7 Å². The third-order valence-electron chi connectivity index (χ3n) is 2.68. The highest BCUT2D eigenvalue weighted by atomic mass is 35.5. The van der Waals surface area contributed by atoms with Gasteiger partial charge in [0, 0.05) is 16.9 Å². The zero-order chi connectivity index (χ0) is 13.8. The van der Waals surface area contributed by atoms with Crippen molar-refractivity contribution in [1.29, 1.82) is 0 Å². The quantitative estimate of drug-likeness (QED) is 0.911. The highest BCUT2D eigenvalue weighted by Crippen LogP contribution is 2.22. The average Bonchev–Trinajstić information content (AvgIpc) is 2.88. The molecule has 19 heavy (non-hydrogen) atoms. The van der Waals surface area contributed by atoms with E-state index in [9.17, 15) is 4.79 Å². The molecule has 0 aliphatic heterocycles. The van der Waals surface area contributed by atoms with Crippen LogP contribution in [0.2, 0.25) is 5.02 Å². The molecule has 0 aliphatic rings. The standard InChI is InChI=1S/C13H14ClN3OS/c1-8(9-4-2-3-5-10(9)14)16-13(18)11-7-19-12(6-15)17-11/h2-5,7-8H,6,15H2,1H3,(H,16,18)/t8-/m1/s1. The molecular weight excluding hydrogens is 282 g/mol. The number of nitrogens with one attached hydrogen (secondary N) is 1. The Labute approximate surface area is 120 Å². The Bertz CT molecular complexity index is 585. The number of carbonyl (C=O) groups is 1. The van der Waals surface area contributed by atoms with Crippen LogP contribution in [0.1, 0.15) is 34.0 Å². The van der Waals surface area contributed by atoms with E-state index in [4.69, 9.17) is 17.3 Å². The summed E-state index contributed by atoms with van der Waals surface area (Å²) in [7, 11) is 0. The van der Waals surface area contributed by atoms with Gasteiger partial charge in [0.05, 0.1) is 6.04 Å². The molecule has 0 saturated heterocycles. The molecule has 4 nitrogen and oxygen atoms in total. The predicted molar refractivity (Wildman–Crippen MR) is 77.3 cm³/mol. The van der Waals surface area contributed by atoms with Crippen LogP contribution in [0.3, 0.4) is 0 Å². The molecule has 0 saturated carbocycles. The van der Waals surface area contributed by atoms with Gasteiger partial charge in [-0.3, -0.25) is 4.79 Å². The third-order valence-corrected chi connectivity index (χ3v) is 3.89. The van der Waals surface area contributed by atoms with Gasteiger partial charge < -0.3 is 11.1 Å². The number of nitrogens with zero attached hydrogens (tertiary/aromatic N) is 1. The maximum atomic E-state index is 12.0. The molecule has 3 N–H and O–H groups in total. The van der Waals surface area contributed by atoms with Crippen LogP contribution < -0.4 is 11.1 Å². The highest BCUT2D eigenvalue weighted by molar-refractivity contribution is 7.09. The van der Waals surface area contributed by atoms with Crippen LogP contribution in [-0.2, 0) is 6.54 Å². The Balaban J connectivity index is 2.08. The first-order valence-electron chi connectivity index (χ1n) is 5.81. The summed E-state index contributed by atoms with van der Waals surface area (Å²) in [4.78, 5) is 16.2. The number of halogens is 1. The smallest absolute Gasteiger partial charge is 0.271 e. The zero-order valence-electron chi connectivity index (χ0n) is 10.4. The van der Waals surface area contributed by atoms with Crippen molar-refractivity contribution in [1.82, 2.24) is 10.3 Å². The van der Waals surface area contributed by atoms with E-state index in [0.29, 0.717) is 17.3 Å². The van der Waals surface area contributed by atoms with Crippen molar-refractivity contribution >= 4 is 28.8 Å². The van der Waals surface area contributed by atoms with Gasteiger partial charge in [-0.25, -0.2) is 4.98 Å². The third kappa shape index (κ3) is 3.32. The van der Waals surface area contributed by atoms with Gasteiger partial charge in [-0.1, -0.05) is 29.8 Å². The summed E-state index contributed by atoms with van der Waals surface area (Å²) in [5.74, 6) is -0.219. The van der Waals surface area contributed by atoms with E-state index in [1.54, 1.807) is 11.4 Å². The second kappa shape index (κ2) is 6.14. The molecule has 2 rings (SSSR count). The van der Waals surface area contributed by atoms with Crippen molar-refractivity contribution in [3.8, 4) is 0 Å². The average molecular weight is 296 g/mol. The number of aromatic nitrogens is 1. The van der Waals surface area contributed by atoms with Gasteiger partial charge in [0.2, 0.25) is 0 Å². The molecule has 1 aromatic heterocycles. The van der Waals surface area contributed by atoms with E-state index in [1.165, 1.54) is 11.3 Å². The monoisotopic (exact) mass is 295 g/mol. The van der Waals surface area contributed by atoms with Crippen molar-refractivity contribution in [2.24, 2.45) is 5.73 Å². The molecule has 2 aromatic rings. The highest BCUT2D eigenvalue weighted by Gasteiger charge is 2.15. The van der Waals surface area contributed by atoms with Gasteiger partial charge in [-0.15, -0.1) is 11.3 Å². The van der Waals surface area contributed by atoms with Crippen molar-refractivity contribution in [3.05, 3.63) is 50.9 Å². The fraction of sp³-hybridized carbons (Fsp3) is 0.231. The van der Waals surface area contributed by atoms with Crippen LogP contribution in [0.4, 0.5) is 0 Å². The van der Waals surface area contributed by atoms with Crippen molar-refractivity contribution in [2.75, 3.05) is 0 Å². The maximum absolute atomic E-state index is 12.0. The van der Waals surface area contributed by atoms with E-state index in [0.717, 1.165) is 10.6 Å². The molecule has 6 heteroatoms. The van der Waals surface area contributed by atoms with Crippen LogP contribution >= 0.6 is 22.9 Å². The zero-order valence-corrected chi connectivity index (χ0v) is 12.0. The van der Waals surface area contributed by atoms with Crippen molar-refractivity contribution in [3.63, 3.8) is 0 Å². The number of amides is 1. The first-order valence-corrected chi connectivity index (χ1v) is 7.07. The van der Waals surface area contributed by atoms with Crippen molar-refractivity contribution < 1.29 is 4.79 Å². The molecule has 0 fully saturated rings. The first-order chi connectivity index (χ1) is 9.11. The molecule has 0 unspecified atom stereocenters. The lowest BCUT2D eigenvalue weighted by Crippen LogP contribution is -2.27. The van der Waals surface area contributed by atoms with Crippen LogP contribution in [0.15, 0.2) is 29.6 Å². The summed E-state index contributed by atoms with van der Waals surface area (Å²) in [5.41, 5.74) is 6.75. The molecule has 0 spiro atoms. The van der Waals surface area contributed by atoms with Gasteiger partial charge in [-0.2, -0.15) is 0 Å². The second-order valence-electron chi connectivity index (χ2n) is 4.05. The molecule has 1 heterocycles. The predicted octanol–water partition coefficient (Wildman–Crippen LogP) is 2.75. The van der Waals surface area contributed by atoms with Crippen LogP contribution in [-0.4, -0.2) is 10.9 Å². The minimum Gasteiger partial charge on any atom is -0.344 e. The van der Waals surface area contributed by atoms with Crippen LogP contribution in [0.25, 0.3) is 0 Å². The van der Waals surface area contributed by atoms with E-state index in [-0.39, 0.29) is 11.9 Å². The first kappa shape index (κ1) is 14.0. The second-order valence-corrected chi connectivity index (χ2v) is 5.40. The fourth-order valence-corrected chi connectivity index (χ4v) is 2.64. The molecule has 0 bridgehead atoms. The van der Waals surface area contributed by atoms with Crippen LogP contribution in [0.5, 0.6) is 0 Å². The molecule has 100 valence electrons. The molecule has 0 radical (unpaired) electrons. The van der Waals surface area contributed by atoms with E-state index in [1.807, 2.05) is 25.1 Å². The van der Waals surface area contributed by atoms with Gasteiger partial charge in [0.15, 0.2) is 0 Å². The number of nitrogens with two attached hydrogens (primary N) is 1. The van der Waals surface area contributed by atoms with E-state index in [2.05, 4.69) is 10.3 Å². The molecule has 1 amide bonds. The van der Waals surface area contributed by atoms with Crippen LogP contribution in [0, 0.1) is 0 Å². The van der Waals surface area contributed by atoms with Gasteiger partial charge >= 0.3 is 0 Å². The largest absolute Gasteiger partial charge is 0.344 e. The topological polar surface area (TPSA) is 68.0 Å². The number of benzene rings is 1. The Kier molecular flexibility index (Phi) is 4.52.